The summed E-state index contributed by atoms with van der Waals surface area (Å²) in [6, 6.07) is 18.5. The molecular weight excluding hydrogens is 441 g/mol. The Morgan fingerprint density at radius 2 is 1.65 bits per heavy atom. The molecule has 4 rings (SSSR count). The normalized spacial score (nSPS) is 10.8. The topological polar surface area (TPSA) is 88.8 Å². The van der Waals surface area contributed by atoms with Gasteiger partial charge in [0.05, 0.1) is 16.5 Å². The standard InChI is InChI=1S/C23H15Cl2NO5/c24-16-9-13(10-22(27)28)5-7-19(16)31-20-8-6-15(12-17(20)25)26-23(29)21-11-14-3-1-2-4-18(14)30-21/h1-9,11-12H,10H2,(H,26,29)(H,27,28). The number of furan rings is 1. The van der Waals surface area contributed by atoms with Crippen molar-refractivity contribution in [1.29, 1.82) is 0 Å². The highest BCUT2D eigenvalue weighted by Crippen LogP contribution is 2.35. The number of amides is 1. The quantitative estimate of drug-likeness (QED) is 0.350. The molecule has 156 valence electrons. The molecular formula is C23H15Cl2NO5. The molecule has 2 N–H and O–H groups in total. The van der Waals surface area contributed by atoms with Gasteiger partial charge < -0.3 is 19.6 Å². The summed E-state index contributed by atoms with van der Waals surface area (Å²) in [5.74, 6) is -0.509. The summed E-state index contributed by atoms with van der Waals surface area (Å²) in [5.41, 5.74) is 1.64. The van der Waals surface area contributed by atoms with E-state index in [9.17, 15) is 9.59 Å². The SMILES string of the molecule is O=C(O)Cc1ccc(Oc2ccc(NC(=O)c3cc4ccccc4o3)cc2Cl)c(Cl)c1. The second-order valence-corrected chi connectivity index (χ2v) is 7.50. The number of carbonyl (C=O) groups is 2. The van der Waals surface area contributed by atoms with E-state index < -0.39 is 11.9 Å². The Morgan fingerprint density at radius 1 is 0.935 bits per heavy atom. The van der Waals surface area contributed by atoms with Gasteiger partial charge in [-0.3, -0.25) is 9.59 Å². The van der Waals surface area contributed by atoms with Crippen LogP contribution in [0.1, 0.15) is 16.1 Å². The van der Waals surface area contributed by atoms with Crippen molar-refractivity contribution in [2.45, 2.75) is 6.42 Å². The first-order valence-electron chi connectivity index (χ1n) is 9.16. The van der Waals surface area contributed by atoms with Crippen LogP contribution in [-0.4, -0.2) is 17.0 Å². The van der Waals surface area contributed by atoms with E-state index in [1.165, 1.54) is 6.07 Å². The van der Waals surface area contributed by atoms with Crippen molar-refractivity contribution in [3.8, 4) is 11.5 Å². The first-order chi connectivity index (χ1) is 14.9. The number of ether oxygens (including phenoxy) is 1. The van der Waals surface area contributed by atoms with Crippen molar-refractivity contribution in [3.63, 3.8) is 0 Å². The number of hydrogen-bond acceptors (Lipinski definition) is 4. The summed E-state index contributed by atoms with van der Waals surface area (Å²) in [6.45, 7) is 0. The minimum Gasteiger partial charge on any atom is -0.481 e. The molecule has 0 radical (unpaired) electrons. The van der Waals surface area contributed by atoms with Crippen molar-refractivity contribution in [3.05, 3.63) is 88.1 Å². The number of benzene rings is 3. The monoisotopic (exact) mass is 455 g/mol. The third kappa shape index (κ3) is 4.82. The molecule has 3 aromatic carbocycles. The number of anilines is 1. The van der Waals surface area contributed by atoms with Crippen LogP contribution in [0.15, 0.2) is 71.1 Å². The molecule has 1 heterocycles. The first kappa shape index (κ1) is 20.8. The molecule has 4 aromatic rings. The predicted octanol–water partition coefficient (Wildman–Crippen LogP) is 6.41. The molecule has 0 fully saturated rings. The number of nitrogens with one attached hydrogen (secondary N) is 1. The fourth-order valence-corrected chi connectivity index (χ4v) is 3.44. The largest absolute Gasteiger partial charge is 0.481 e. The van der Waals surface area contributed by atoms with Crippen molar-refractivity contribution in [2.75, 3.05) is 5.32 Å². The molecule has 0 atom stereocenters. The Balaban J connectivity index is 1.48. The van der Waals surface area contributed by atoms with Crippen molar-refractivity contribution in [2.24, 2.45) is 0 Å². The number of aliphatic carboxylic acids is 1. The van der Waals surface area contributed by atoms with Gasteiger partial charge in [-0.2, -0.15) is 0 Å². The number of para-hydroxylation sites is 1. The van der Waals surface area contributed by atoms with E-state index in [-0.39, 0.29) is 22.2 Å². The van der Waals surface area contributed by atoms with Gasteiger partial charge in [0.25, 0.3) is 5.91 Å². The Bertz CT molecular complexity index is 1270. The summed E-state index contributed by atoms with van der Waals surface area (Å²) in [7, 11) is 0. The van der Waals surface area contributed by atoms with Gasteiger partial charge in [0.15, 0.2) is 5.76 Å². The lowest BCUT2D eigenvalue weighted by molar-refractivity contribution is -0.136. The Morgan fingerprint density at radius 3 is 2.32 bits per heavy atom. The van der Waals surface area contributed by atoms with Gasteiger partial charge in [-0.05, 0) is 48.0 Å². The average molecular weight is 456 g/mol. The third-order valence-corrected chi connectivity index (χ3v) is 5.00. The van der Waals surface area contributed by atoms with Crippen molar-refractivity contribution in [1.82, 2.24) is 0 Å². The summed E-state index contributed by atoms with van der Waals surface area (Å²) in [4.78, 5) is 23.3. The zero-order chi connectivity index (χ0) is 22.0. The summed E-state index contributed by atoms with van der Waals surface area (Å²) in [5, 5.41) is 13.0. The van der Waals surface area contributed by atoms with Crippen LogP contribution in [0.4, 0.5) is 5.69 Å². The minimum atomic E-state index is -0.951. The fraction of sp³-hybridized carbons (Fsp3) is 0.0435. The summed E-state index contributed by atoms with van der Waals surface area (Å²) in [6.07, 6.45) is -0.139. The van der Waals surface area contributed by atoms with Crippen LogP contribution in [0.25, 0.3) is 11.0 Å². The molecule has 1 aromatic heterocycles. The molecule has 0 aliphatic rings. The predicted molar refractivity (Wildman–Crippen MR) is 118 cm³/mol. The van der Waals surface area contributed by atoms with Gasteiger partial charge in [-0.15, -0.1) is 0 Å². The van der Waals surface area contributed by atoms with Gasteiger partial charge in [0, 0.05) is 11.1 Å². The maximum absolute atomic E-state index is 12.5. The molecule has 1 amide bonds. The first-order valence-corrected chi connectivity index (χ1v) is 9.92. The smallest absolute Gasteiger partial charge is 0.307 e. The lowest BCUT2D eigenvalue weighted by Gasteiger charge is -2.11. The van der Waals surface area contributed by atoms with Crippen LogP contribution < -0.4 is 10.1 Å². The lowest BCUT2D eigenvalue weighted by Crippen LogP contribution is -2.10. The molecule has 0 saturated carbocycles. The number of carboxylic acid groups (broad SMARTS) is 1. The van der Waals surface area contributed by atoms with E-state index in [4.69, 9.17) is 37.5 Å². The highest BCUT2D eigenvalue weighted by molar-refractivity contribution is 6.33. The van der Waals surface area contributed by atoms with E-state index in [0.717, 1.165) is 5.39 Å². The molecule has 31 heavy (non-hydrogen) atoms. The number of hydrogen-bond donors (Lipinski definition) is 2. The van der Waals surface area contributed by atoms with Gasteiger partial charge in [-0.25, -0.2) is 0 Å². The van der Waals surface area contributed by atoms with Crippen LogP contribution in [0.2, 0.25) is 10.0 Å². The summed E-state index contributed by atoms with van der Waals surface area (Å²) >= 11 is 12.5. The van der Waals surface area contributed by atoms with E-state index in [1.54, 1.807) is 42.5 Å². The van der Waals surface area contributed by atoms with Crippen molar-refractivity contribution < 1.29 is 23.8 Å². The second kappa shape index (κ2) is 8.71. The van der Waals surface area contributed by atoms with Gasteiger partial charge in [-0.1, -0.05) is 47.5 Å². The second-order valence-electron chi connectivity index (χ2n) is 6.69. The van der Waals surface area contributed by atoms with E-state index in [2.05, 4.69) is 5.32 Å². The van der Waals surface area contributed by atoms with Gasteiger partial charge in [0.2, 0.25) is 0 Å². The molecule has 0 spiro atoms. The zero-order valence-electron chi connectivity index (χ0n) is 15.9. The lowest BCUT2D eigenvalue weighted by atomic mass is 10.1. The molecule has 0 aliphatic heterocycles. The van der Waals surface area contributed by atoms with Crippen LogP contribution in [0.3, 0.4) is 0 Å². The van der Waals surface area contributed by atoms with Crippen LogP contribution >= 0.6 is 23.2 Å². The van der Waals surface area contributed by atoms with Gasteiger partial charge >= 0.3 is 5.97 Å². The highest BCUT2D eigenvalue weighted by atomic mass is 35.5. The van der Waals surface area contributed by atoms with E-state index in [0.29, 0.717) is 28.3 Å². The number of halogens is 2. The number of fused-ring (bicyclic) bond motifs is 1. The Hall–Kier alpha value is -3.48. The highest BCUT2D eigenvalue weighted by Gasteiger charge is 2.14. The maximum Gasteiger partial charge on any atom is 0.307 e. The van der Waals surface area contributed by atoms with E-state index in [1.807, 2.05) is 18.2 Å². The average Bonchev–Trinajstić information content (AvgIpc) is 3.16. The molecule has 0 saturated heterocycles. The third-order valence-electron chi connectivity index (χ3n) is 4.41. The number of carbonyl (C=O) groups excluding carboxylic acids is 1. The van der Waals surface area contributed by atoms with Crippen LogP contribution in [-0.2, 0) is 11.2 Å². The van der Waals surface area contributed by atoms with Gasteiger partial charge in [0.1, 0.15) is 17.1 Å². The maximum atomic E-state index is 12.5. The molecule has 0 unspecified atom stereocenters. The zero-order valence-corrected chi connectivity index (χ0v) is 17.4. The fourth-order valence-electron chi connectivity index (χ4n) is 2.98. The van der Waals surface area contributed by atoms with E-state index >= 15 is 0 Å². The molecule has 8 heteroatoms. The van der Waals surface area contributed by atoms with Crippen LogP contribution in [0.5, 0.6) is 11.5 Å². The summed E-state index contributed by atoms with van der Waals surface area (Å²) < 4.78 is 11.3. The molecule has 0 bridgehead atoms. The van der Waals surface area contributed by atoms with Crippen molar-refractivity contribution >= 4 is 51.7 Å². The molecule has 0 aliphatic carbocycles. The minimum absolute atomic E-state index is 0.139. The Labute approximate surface area is 187 Å². The number of carboxylic acids is 1. The van der Waals surface area contributed by atoms with Crippen LogP contribution in [0, 0.1) is 0 Å². The Kier molecular flexibility index (Phi) is 5.84. The number of rotatable bonds is 6. The molecule has 6 nitrogen and oxygen atoms in total.